The normalized spacial score (nSPS) is 11.5. The van der Waals surface area contributed by atoms with Crippen LogP contribution in [0.25, 0.3) is 11.0 Å². The molecule has 2 aromatic carbocycles. The number of amides is 1. The number of rotatable bonds is 6. The summed E-state index contributed by atoms with van der Waals surface area (Å²) in [6.07, 6.45) is 1.62. The molecule has 4 aromatic rings. The third kappa shape index (κ3) is 4.55. The molecular weight excluding hydrogens is 438 g/mol. The number of hydrogen-bond acceptors (Lipinski definition) is 7. The zero-order valence-corrected chi connectivity index (χ0v) is 18.3. The molecule has 0 aliphatic heterocycles. The number of methoxy groups -OCH3 is 1. The van der Waals surface area contributed by atoms with Crippen molar-refractivity contribution in [3.63, 3.8) is 0 Å². The Morgan fingerprint density at radius 2 is 2.13 bits per heavy atom. The molecule has 0 aliphatic carbocycles. The monoisotopic (exact) mass is 455 g/mol. The molecule has 2 heterocycles. The average Bonchev–Trinajstić information content (AvgIpc) is 3.27. The van der Waals surface area contributed by atoms with Gasteiger partial charge < -0.3 is 13.9 Å². The quantitative estimate of drug-likeness (QED) is 0.418. The van der Waals surface area contributed by atoms with Crippen molar-refractivity contribution in [2.75, 3.05) is 19.0 Å². The maximum Gasteiger partial charge on any atom is 0.262 e. The summed E-state index contributed by atoms with van der Waals surface area (Å²) in [5, 5.41) is 6.13. The summed E-state index contributed by atoms with van der Waals surface area (Å²) in [5.74, 6) is 0.702. The summed E-state index contributed by atoms with van der Waals surface area (Å²) in [5.41, 5.74) is 1.37. The number of anilines is 1. The van der Waals surface area contributed by atoms with E-state index in [1.807, 2.05) is 19.1 Å². The lowest BCUT2D eigenvalue weighted by molar-refractivity contribution is 0.102. The largest absolute Gasteiger partial charge is 0.495 e. The molecule has 2 aromatic heterocycles. The van der Waals surface area contributed by atoms with Crippen LogP contribution in [0.3, 0.4) is 0 Å². The lowest BCUT2D eigenvalue weighted by Gasteiger charge is -2.09. The second-order valence-electron chi connectivity index (χ2n) is 6.29. The van der Waals surface area contributed by atoms with E-state index in [1.54, 1.807) is 41.9 Å². The lowest BCUT2D eigenvalue weighted by Crippen LogP contribution is -2.21. The topological polar surface area (TPSA) is 86.0 Å². The molecule has 0 saturated carbocycles. The SMILES string of the molecule is CCOc1cccc2cc(C(=O)Nc3nccs3)c(=Nc3ccc(OC)c(Cl)c3)oc12. The van der Waals surface area contributed by atoms with Crippen molar-refractivity contribution in [2.45, 2.75) is 6.92 Å². The summed E-state index contributed by atoms with van der Waals surface area (Å²) in [7, 11) is 1.53. The highest BCUT2D eigenvalue weighted by Gasteiger charge is 2.16. The number of fused-ring (bicyclic) bond motifs is 1. The standard InChI is InChI=1S/C22H18ClN3O4S/c1-3-29-18-6-4-5-13-11-15(20(27)26-22-24-9-10-31-22)21(30-19(13)18)25-14-7-8-17(28-2)16(23)12-14/h4-12H,3H2,1-2H3,(H,24,26,27). The van der Waals surface area contributed by atoms with E-state index < -0.39 is 0 Å². The van der Waals surface area contributed by atoms with E-state index in [-0.39, 0.29) is 17.0 Å². The van der Waals surface area contributed by atoms with Gasteiger partial charge in [0.05, 0.1) is 24.4 Å². The van der Waals surface area contributed by atoms with Crippen molar-refractivity contribution in [2.24, 2.45) is 4.99 Å². The Bertz CT molecular complexity index is 1300. The van der Waals surface area contributed by atoms with Crippen LogP contribution < -0.4 is 20.3 Å². The third-order valence-corrected chi connectivity index (χ3v) is 5.29. The number of thiazole rings is 1. The van der Waals surface area contributed by atoms with E-state index in [9.17, 15) is 4.79 Å². The number of hydrogen-bond donors (Lipinski definition) is 1. The molecule has 0 aliphatic rings. The Morgan fingerprint density at radius 1 is 1.26 bits per heavy atom. The Labute approximate surface area is 186 Å². The first-order valence-corrected chi connectivity index (χ1v) is 10.6. The summed E-state index contributed by atoms with van der Waals surface area (Å²) in [4.78, 5) is 21.6. The molecule has 0 spiro atoms. The zero-order chi connectivity index (χ0) is 21.8. The van der Waals surface area contributed by atoms with Crippen LogP contribution in [-0.4, -0.2) is 24.6 Å². The maximum atomic E-state index is 13.0. The Hall–Kier alpha value is -3.36. The molecule has 0 radical (unpaired) electrons. The highest BCUT2D eigenvalue weighted by Crippen LogP contribution is 2.29. The molecule has 1 amide bonds. The van der Waals surface area contributed by atoms with Gasteiger partial charge in [0.1, 0.15) is 11.3 Å². The van der Waals surface area contributed by atoms with Crippen LogP contribution in [0.5, 0.6) is 11.5 Å². The van der Waals surface area contributed by atoms with E-state index >= 15 is 0 Å². The fraction of sp³-hybridized carbons (Fsp3) is 0.136. The van der Waals surface area contributed by atoms with Crippen LogP contribution in [0.2, 0.25) is 5.02 Å². The van der Waals surface area contributed by atoms with Crippen molar-refractivity contribution in [1.82, 2.24) is 4.98 Å². The van der Waals surface area contributed by atoms with Crippen LogP contribution in [0.15, 0.2) is 63.5 Å². The van der Waals surface area contributed by atoms with Crippen LogP contribution >= 0.6 is 22.9 Å². The fourth-order valence-corrected chi connectivity index (χ4v) is 3.71. The van der Waals surface area contributed by atoms with Crippen LogP contribution in [0.4, 0.5) is 10.8 Å². The molecule has 0 unspecified atom stereocenters. The highest BCUT2D eigenvalue weighted by molar-refractivity contribution is 7.13. The summed E-state index contributed by atoms with van der Waals surface area (Å²) < 4.78 is 16.9. The minimum Gasteiger partial charge on any atom is -0.495 e. The van der Waals surface area contributed by atoms with E-state index in [1.165, 1.54) is 18.4 Å². The Kier molecular flexibility index (Phi) is 6.20. The van der Waals surface area contributed by atoms with E-state index in [4.69, 9.17) is 25.5 Å². The predicted molar refractivity (Wildman–Crippen MR) is 121 cm³/mol. The molecule has 31 heavy (non-hydrogen) atoms. The fourth-order valence-electron chi connectivity index (χ4n) is 2.93. The van der Waals surface area contributed by atoms with Gasteiger partial charge in [0.15, 0.2) is 16.5 Å². The molecule has 0 fully saturated rings. The Balaban J connectivity index is 1.89. The van der Waals surface area contributed by atoms with Crippen LogP contribution in [0.1, 0.15) is 17.3 Å². The van der Waals surface area contributed by atoms with Crippen molar-refractivity contribution < 1.29 is 18.7 Å². The molecule has 1 N–H and O–H groups in total. The number of aromatic nitrogens is 1. The first-order valence-electron chi connectivity index (χ1n) is 9.38. The minimum absolute atomic E-state index is 0.120. The molecule has 4 rings (SSSR count). The molecular formula is C22H18ClN3O4S. The number of para-hydroxylation sites is 1. The van der Waals surface area contributed by atoms with Gasteiger partial charge in [-0.25, -0.2) is 9.98 Å². The lowest BCUT2D eigenvalue weighted by atomic mass is 10.1. The van der Waals surface area contributed by atoms with Crippen molar-refractivity contribution in [1.29, 1.82) is 0 Å². The molecule has 0 saturated heterocycles. The van der Waals surface area contributed by atoms with Gasteiger partial charge in [-0.2, -0.15) is 0 Å². The molecule has 0 bridgehead atoms. The number of nitrogens with zero attached hydrogens (tertiary/aromatic N) is 2. The van der Waals surface area contributed by atoms with Gasteiger partial charge in [0.2, 0.25) is 5.55 Å². The van der Waals surface area contributed by atoms with Crippen molar-refractivity contribution in [3.05, 3.63) is 70.2 Å². The van der Waals surface area contributed by atoms with Crippen LogP contribution in [-0.2, 0) is 0 Å². The number of ether oxygens (including phenoxy) is 2. The molecule has 9 heteroatoms. The van der Waals surface area contributed by atoms with E-state index in [0.717, 1.165) is 0 Å². The highest BCUT2D eigenvalue weighted by atomic mass is 35.5. The molecule has 7 nitrogen and oxygen atoms in total. The van der Waals surface area contributed by atoms with Gasteiger partial charge in [0.25, 0.3) is 5.91 Å². The number of carbonyl (C=O) groups excluding carboxylic acids is 1. The minimum atomic E-state index is -0.388. The second kappa shape index (κ2) is 9.20. The Morgan fingerprint density at radius 3 is 2.84 bits per heavy atom. The molecule has 0 atom stereocenters. The van der Waals surface area contributed by atoms with Gasteiger partial charge in [-0.05, 0) is 37.3 Å². The first kappa shape index (κ1) is 20.9. The number of nitrogens with one attached hydrogen (secondary N) is 1. The number of halogens is 1. The smallest absolute Gasteiger partial charge is 0.262 e. The van der Waals surface area contributed by atoms with Crippen LogP contribution in [0, 0.1) is 0 Å². The first-order chi connectivity index (χ1) is 15.1. The summed E-state index contributed by atoms with van der Waals surface area (Å²) in [6, 6.07) is 12.3. The van der Waals surface area contributed by atoms with E-state index in [0.29, 0.717) is 44.9 Å². The van der Waals surface area contributed by atoms with E-state index in [2.05, 4.69) is 15.3 Å². The summed E-state index contributed by atoms with van der Waals surface area (Å²) in [6.45, 7) is 2.36. The molecule has 158 valence electrons. The van der Waals surface area contributed by atoms with Crippen molar-refractivity contribution >= 4 is 50.6 Å². The average molecular weight is 456 g/mol. The van der Waals surface area contributed by atoms with Gasteiger partial charge in [-0.1, -0.05) is 23.7 Å². The van der Waals surface area contributed by atoms with Gasteiger partial charge in [-0.15, -0.1) is 11.3 Å². The number of carbonyl (C=O) groups is 1. The van der Waals surface area contributed by atoms with Gasteiger partial charge in [-0.3, -0.25) is 10.1 Å². The zero-order valence-electron chi connectivity index (χ0n) is 16.7. The van der Waals surface area contributed by atoms with Gasteiger partial charge >= 0.3 is 0 Å². The van der Waals surface area contributed by atoms with Crippen molar-refractivity contribution in [3.8, 4) is 11.5 Å². The predicted octanol–water partition coefficient (Wildman–Crippen LogP) is 5.43. The second-order valence-corrected chi connectivity index (χ2v) is 7.60. The maximum absolute atomic E-state index is 13.0. The summed E-state index contributed by atoms with van der Waals surface area (Å²) >= 11 is 7.55. The van der Waals surface area contributed by atoms with Gasteiger partial charge in [0, 0.05) is 17.0 Å². The third-order valence-electron chi connectivity index (χ3n) is 4.30. The number of benzene rings is 2.